The van der Waals surface area contributed by atoms with E-state index < -0.39 is 0 Å². The number of para-hydroxylation sites is 1. The molecular formula is C22H27N5O. The molecule has 0 spiro atoms. The Labute approximate surface area is 164 Å². The lowest BCUT2D eigenvalue weighted by molar-refractivity contribution is -0.134. The number of benzene rings is 1. The van der Waals surface area contributed by atoms with Crippen molar-refractivity contribution < 1.29 is 4.79 Å². The van der Waals surface area contributed by atoms with Crippen molar-refractivity contribution in [2.24, 2.45) is 5.92 Å². The summed E-state index contributed by atoms with van der Waals surface area (Å²) >= 11 is 0. The standard InChI is InChI=1S/C22H27N5O/c1-15-21(25-14-24-15)13-26-10-16-6-7-18(12-26)27(11-16)22(28)8-17-9-23-20-5-3-2-4-19(17)20/h2-5,9,14,16,18,23H,6-8,10-13H2,1H3,(H,24,25)/t16-,18+/m0/s1. The molecular weight excluding hydrogens is 350 g/mol. The highest BCUT2D eigenvalue weighted by atomic mass is 16.2. The molecule has 6 nitrogen and oxygen atoms in total. The Bertz CT molecular complexity index is 990. The van der Waals surface area contributed by atoms with Gasteiger partial charge in [0.2, 0.25) is 5.91 Å². The van der Waals surface area contributed by atoms with Gasteiger partial charge in [-0.05, 0) is 37.3 Å². The van der Waals surface area contributed by atoms with Crippen molar-refractivity contribution >= 4 is 16.8 Å². The second kappa shape index (κ2) is 7.09. The van der Waals surface area contributed by atoms with Crippen LogP contribution in [0, 0.1) is 12.8 Å². The summed E-state index contributed by atoms with van der Waals surface area (Å²) in [5, 5.41) is 1.16. The number of nitrogens with one attached hydrogen (secondary N) is 2. The summed E-state index contributed by atoms with van der Waals surface area (Å²) in [4.78, 5) is 28.8. The minimum atomic E-state index is 0.261. The predicted octanol–water partition coefficient (Wildman–Crippen LogP) is 2.86. The van der Waals surface area contributed by atoms with Crippen molar-refractivity contribution in [1.29, 1.82) is 0 Å². The van der Waals surface area contributed by atoms with Crippen LogP contribution in [0.2, 0.25) is 0 Å². The summed E-state index contributed by atoms with van der Waals surface area (Å²) in [5.41, 5.74) is 4.47. The normalized spacial score (nSPS) is 22.7. The molecule has 6 heteroatoms. The molecule has 0 radical (unpaired) electrons. The number of nitrogens with zero attached hydrogens (tertiary/aromatic N) is 3. The summed E-state index contributed by atoms with van der Waals surface area (Å²) < 4.78 is 0. The Morgan fingerprint density at radius 3 is 2.93 bits per heavy atom. The number of piperidine rings is 1. The molecule has 1 amide bonds. The zero-order valence-corrected chi connectivity index (χ0v) is 16.3. The lowest BCUT2D eigenvalue weighted by atomic mass is 9.94. The molecule has 1 aromatic carbocycles. The highest BCUT2D eigenvalue weighted by Crippen LogP contribution is 2.30. The number of amides is 1. The number of carbonyl (C=O) groups is 1. The van der Waals surface area contributed by atoms with Crippen LogP contribution in [0.25, 0.3) is 10.9 Å². The predicted molar refractivity (Wildman–Crippen MR) is 109 cm³/mol. The van der Waals surface area contributed by atoms with Crippen molar-refractivity contribution in [1.82, 2.24) is 24.8 Å². The summed E-state index contributed by atoms with van der Waals surface area (Å²) in [6, 6.07) is 8.53. The molecule has 0 saturated carbocycles. The van der Waals surface area contributed by atoms with Crippen LogP contribution in [0.1, 0.15) is 29.8 Å². The first-order valence-electron chi connectivity index (χ1n) is 10.2. The van der Waals surface area contributed by atoms with Gasteiger partial charge >= 0.3 is 0 Å². The third-order valence-corrected chi connectivity index (χ3v) is 6.43. The minimum absolute atomic E-state index is 0.261. The Kier molecular flexibility index (Phi) is 4.43. The molecule has 28 heavy (non-hydrogen) atoms. The van der Waals surface area contributed by atoms with E-state index in [0.29, 0.717) is 18.4 Å². The fraction of sp³-hybridized carbons (Fsp3) is 0.455. The van der Waals surface area contributed by atoms with Gasteiger partial charge < -0.3 is 14.9 Å². The number of aromatic nitrogens is 3. The zero-order valence-electron chi connectivity index (χ0n) is 16.3. The molecule has 3 aliphatic rings. The van der Waals surface area contributed by atoms with Crippen molar-refractivity contribution in [2.45, 2.75) is 38.8 Å². The van der Waals surface area contributed by atoms with Gasteiger partial charge in [0.05, 0.1) is 18.4 Å². The number of imidazole rings is 1. The van der Waals surface area contributed by atoms with Gasteiger partial charge in [-0.3, -0.25) is 9.69 Å². The molecule has 3 aromatic rings. The molecule has 2 atom stereocenters. The van der Waals surface area contributed by atoms with Crippen molar-refractivity contribution in [3.63, 3.8) is 0 Å². The molecule has 2 bridgehead atoms. The fourth-order valence-corrected chi connectivity index (χ4v) is 4.91. The van der Waals surface area contributed by atoms with E-state index in [0.717, 1.165) is 60.5 Å². The number of fused-ring (bicyclic) bond motifs is 5. The highest BCUT2D eigenvalue weighted by molar-refractivity contribution is 5.89. The second-order valence-corrected chi connectivity index (χ2v) is 8.35. The smallest absolute Gasteiger partial charge is 0.227 e. The van der Waals surface area contributed by atoms with Gasteiger partial charge in [0.1, 0.15) is 0 Å². The fourth-order valence-electron chi connectivity index (χ4n) is 4.91. The third kappa shape index (κ3) is 3.22. The summed E-state index contributed by atoms with van der Waals surface area (Å²) in [6.07, 6.45) is 6.57. The molecule has 3 saturated heterocycles. The minimum Gasteiger partial charge on any atom is -0.361 e. The first-order chi connectivity index (χ1) is 13.7. The van der Waals surface area contributed by atoms with Gasteiger partial charge in [-0.15, -0.1) is 0 Å². The van der Waals surface area contributed by atoms with Crippen molar-refractivity contribution in [2.75, 3.05) is 19.6 Å². The largest absolute Gasteiger partial charge is 0.361 e. The van der Waals surface area contributed by atoms with Crippen LogP contribution in [0.15, 0.2) is 36.8 Å². The molecule has 5 heterocycles. The molecule has 3 fully saturated rings. The first-order valence-corrected chi connectivity index (χ1v) is 10.2. The topological polar surface area (TPSA) is 68.0 Å². The van der Waals surface area contributed by atoms with E-state index in [1.165, 1.54) is 6.42 Å². The number of carbonyl (C=O) groups excluding carboxylic acids is 1. The summed E-state index contributed by atoms with van der Waals surface area (Å²) in [6.45, 7) is 5.84. The Morgan fingerprint density at radius 2 is 2.07 bits per heavy atom. The molecule has 2 N–H and O–H groups in total. The van der Waals surface area contributed by atoms with Crippen LogP contribution in [0.4, 0.5) is 0 Å². The van der Waals surface area contributed by atoms with E-state index in [4.69, 9.17) is 0 Å². The van der Waals surface area contributed by atoms with Crippen molar-refractivity contribution in [3.8, 4) is 0 Å². The number of aromatic amines is 2. The van der Waals surface area contributed by atoms with Gasteiger partial charge in [-0.1, -0.05) is 18.2 Å². The molecule has 3 aliphatic heterocycles. The van der Waals surface area contributed by atoms with Gasteiger partial charge in [0.25, 0.3) is 0 Å². The van der Waals surface area contributed by atoms with Crippen LogP contribution in [0.5, 0.6) is 0 Å². The number of hydrogen-bond donors (Lipinski definition) is 2. The maximum atomic E-state index is 13.2. The number of rotatable bonds is 4. The average molecular weight is 377 g/mol. The molecule has 2 aromatic heterocycles. The van der Waals surface area contributed by atoms with E-state index in [-0.39, 0.29) is 5.91 Å². The molecule has 6 rings (SSSR count). The molecule has 0 unspecified atom stereocenters. The summed E-state index contributed by atoms with van der Waals surface area (Å²) in [5.74, 6) is 0.821. The van der Waals surface area contributed by atoms with Crippen molar-refractivity contribution in [3.05, 3.63) is 53.7 Å². The Morgan fingerprint density at radius 1 is 1.18 bits per heavy atom. The van der Waals surface area contributed by atoms with Crippen LogP contribution >= 0.6 is 0 Å². The van der Waals surface area contributed by atoms with Crippen LogP contribution in [0.3, 0.4) is 0 Å². The van der Waals surface area contributed by atoms with Crippen LogP contribution < -0.4 is 0 Å². The monoisotopic (exact) mass is 377 g/mol. The van der Waals surface area contributed by atoms with Gasteiger partial charge in [0.15, 0.2) is 0 Å². The quantitative estimate of drug-likeness (QED) is 0.735. The summed E-state index contributed by atoms with van der Waals surface area (Å²) in [7, 11) is 0. The highest BCUT2D eigenvalue weighted by Gasteiger charge is 2.37. The zero-order chi connectivity index (χ0) is 19.1. The van der Waals surface area contributed by atoms with E-state index >= 15 is 0 Å². The molecule has 146 valence electrons. The molecule has 0 aliphatic carbocycles. The van der Waals surface area contributed by atoms with Crippen LogP contribution in [-0.4, -0.2) is 56.3 Å². The maximum Gasteiger partial charge on any atom is 0.227 e. The van der Waals surface area contributed by atoms with Gasteiger partial charge in [-0.2, -0.15) is 0 Å². The average Bonchev–Trinajstić information content (AvgIpc) is 3.17. The number of H-pyrrole nitrogens is 2. The third-order valence-electron chi connectivity index (χ3n) is 6.43. The lowest BCUT2D eigenvalue weighted by Gasteiger charge is -2.36. The van der Waals surface area contributed by atoms with E-state index in [9.17, 15) is 4.79 Å². The SMILES string of the molecule is Cc1[nH]cnc1CN1C[C@@H]2CC[C@H](C1)N(C(=O)Cc1c[nH]c3ccccc13)C2. The van der Waals surface area contributed by atoms with Crippen LogP contribution in [-0.2, 0) is 17.8 Å². The lowest BCUT2D eigenvalue weighted by Crippen LogP contribution is -2.48. The second-order valence-electron chi connectivity index (χ2n) is 8.35. The maximum absolute atomic E-state index is 13.2. The van der Waals surface area contributed by atoms with E-state index in [1.54, 1.807) is 6.33 Å². The Balaban J connectivity index is 1.31. The van der Waals surface area contributed by atoms with Gasteiger partial charge in [0, 0.05) is 55.0 Å². The first kappa shape index (κ1) is 17.5. The van der Waals surface area contributed by atoms with Gasteiger partial charge in [-0.25, -0.2) is 4.98 Å². The number of aryl methyl sites for hydroxylation is 1. The Hall–Kier alpha value is -2.60. The number of hydrogen-bond acceptors (Lipinski definition) is 3. The van der Waals surface area contributed by atoms with E-state index in [1.807, 2.05) is 18.3 Å². The van der Waals surface area contributed by atoms with E-state index in [2.05, 4.69) is 43.8 Å².